The minimum Gasteiger partial charge on any atom is -0.198 e. The Labute approximate surface area is 81.5 Å². The predicted octanol–water partition coefficient (Wildman–Crippen LogP) is 3.67. The van der Waals surface area contributed by atoms with Gasteiger partial charge in [-0.25, -0.2) is 0 Å². The van der Waals surface area contributed by atoms with E-state index in [1.807, 2.05) is 6.08 Å². The fourth-order valence-corrected chi connectivity index (χ4v) is 2.49. The van der Waals surface area contributed by atoms with Crippen LogP contribution in [0.25, 0.3) is 0 Å². The van der Waals surface area contributed by atoms with Crippen molar-refractivity contribution in [3.05, 3.63) is 12.7 Å². The molecule has 0 aromatic carbocycles. The largest absolute Gasteiger partial charge is 0.198 e. The lowest BCUT2D eigenvalue weighted by atomic mass is 9.65. The van der Waals surface area contributed by atoms with E-state index < -0.39 is 0 Å². The normalized spacial score (nSPS) is 23.1. The molecule has 0 amide bonds. The van der Waals surface area contributed by atoms with Crippen LogP contribution in [0.2, 0.25) is 0 Å². The van der Waals surface area contributed by atoms with Crippen molar-refractivity contribution >= 4 is 0 Å². The molecule has 0 N–H and O–H groups in total. The van der Waals surface area contributed by atoms with E-state index >= 15 is 0 Å². The van der Waals surface area contributed by atoms with Gasteiger partial charge in [-0.3, -0.25) is 0 Å². The second kappa shape index (κ2) is 4.46. The SMILES string of the molecule is C=CCC1(C(C)C#N)CCCCC1. The predicted molar refractivity (Wildman–Crippen MR) is 55.1 cm³/mol. The number of rotatable bonds is 3. The highest BCUT2D eigenvalue weighted by molar-refractivity contribution is 4.99. The Morgan fingerprint density at radius 1 is 1.46 bits per heavy atom. The standard InChI is InChI=1S/C12H19N/c1-3-7-12(11(2)10-13)8-5-4-6-9-12/h3,11H,1,4-9H2,2H3. The summed E-state index contributed by atoms with van der Waals surface area (Å²) < 4.78 is 0. The molecule has 0 aromatic rings. The van der Waals surface area contributed by atoms with Gasteiger partial charge >= 0.3 is 0 Å². The van der Waals surface area contributed by atoms with Crippen LogP contribution in [-0.4, -0.2) is 0 Å². The molecule has 1 heteroatoms. The minimum absolute atomic E-state index is 0.186. The summed E-state index contributed by atoms with van der Waals surface area (Å²) in [6, 6.07) is 2.41. The van der Waals surface area contributed by atoms with Crippen molar-refractivity contribution in [1.29, 1.82) is 5.26 Å². The average Bonchev–Trinajstić information content (AvgIpc) is 2.18. The molecule has 0 aliphatic heterocycles. The first-order valence-electron chi connectivity index (χ1n) is 5.26. The number of hydrogen-bond acceptors (Lipinski definition) is 1. The van der Waals surface area contributed by atoms with Crippen molar-refractivity contribution in [1.82, 2.24) is 0 Å². The lowest BCUT2D eigenvalue weighted by Gasteiger charge is -2.38. The van der Waals surface area contributed by atoms with Crippen molar-refractivity contribution in [2.45, 2.75) is 45.4 Å². The molecule has 13 heavy (non-hydrogen) atoms. The third-order valence-electron chi connectivity index (χ3n) is 3.51. The first kappa shape index (κ1) is 10.3. The van der Waals surface area contributed by atoms with E-state index in [0.717, 1.165) is 6.42 Å². The third kappa shape index (κ3) is 2.12. The zero-order chi connectivity index (χ0) is 9.73. The summed E-state index contributed by atoms with van der Waals surface area (Å²) in [5.41, 5.74) is 0.259. The van der Waals surface area contributed by atoms with Crippen LogP contribution in [0.3, 0.4) is 0 Å². The molecule has 1 aliphatic rings. The molecule has 72 valence electrons. The Hall–Kier alpha value is -0.770. The van der Waals surface area contributed by atoms with E-state index in [9.17, 15) is 0 Å². The van der Waals surface area contributed by atoms with Crippen LogP contribution in [0.5, 0.6) is 0 Å². The zero-order valence-corrected chi connectivity index (χ0v) is 8.55. The number of nitrogens with zero attached hydrogens (tertiary/aromatic N) is 1. The Morgan fingerprint density at radius 2 is 2.08 bits per heavy atom. The molecule has 1 aliphatic carbocycles. The quantitative estimate of drug-likeness (QED) is 0.603. The van der Waals surface area contributed by atoms with Crippen LogP contribution in [0.4, 0.5) is 0 Å². The van der Waals surface area contributed by atoms with Crippen LogP contribution < -0.4 is 0 Å². The van der Waals surface area contributed by atoms with Crippen LogP contribution >= 0.6 is 0 Å². The Morgan fingerprint density at radius 3 is 2.54 bits per heavy atom. The maximum Gasteiger partial charge on any atom is 0.0658 e. The molecule has 1 saturated carbocycles. The first-order valence-corrected chi connectivity index (χ1v) is 5.26. The lowest BCUT2D eigenvalue weighted by molar-refractivity contribution is 0.142. The van der Waals surface area contributed by atoms with Crippen molar-refractivity contribution in [2.75, 3.05) is 0 Å². The van der Waals surface area contributed by atoms with Crippen LogP contribution in [0.15, 0.2) is 12.7 Å². The highest BCUT2D eigenvalue weighted by atomic mass is 14.4. The van der Waals surface area contributed by atoms with Crippen LogP contribution in [-0.2, 0) is 0 Å². The zero-order valence-electron chi connectivity index (χ0n) is 8.55. The van der Waals surface area contributed by atoms with E-state index in [1.165, 1.54) is 32.1 Å². The fraction of sp³-hybridized carbons (Fsp3) is 0.750. The number of allylic oxidation sites excluding steroid dienone is 1. The summed E-state index contributed by atoms with van der Waals surface area (Å²) in [6.07, 6.45) is 9.36. The fourth-order valence-electron chi connectivity index (χ4n) is 2.49. The van der Waals surface area contributed by atoms with Gasteiger partial charge in [0.05, 0.1) is 6.07 Å². The van der Waals surface area contributed by atoms with Crippen molar-refractivity contribution in [3.63, 3.8) is 0 Å². The highest BCUT2D eigenvalue weighted by Gasteiger charge is 2.36. The molecular weight excluding hydrogens is 158 g/mol. The molecule has 1 unspecified atom stereocenters. The Balaban J connectivity index is 2.73. The molecule has 0 heterocycles. The van der Waals surface area contributed by atoms with E-state index in [0.29, 0.717) is 0 Å². The van der Waals surface area contributed by atoms with Crippen LogP contribution in [0.1, 0.15) is 45.4 Å². The van der Waals surface area contributed by atoms with Gasteiger partial charge in [0.15, 0.2) is 0 Å². The molecular formula is C12H19N. The van der Waals surface area contributed by atoms with Gasteiger partial charge in [-0.1, -0.05) is 25.3 Å². The molecule has 0 radical (unpaired) electrons. The smallest absolute Gasteiger partial charge is 0.0658 e. The maximum absolute atomic E-state index is 8.99. The summed E-state index contributed by atoms with van der Waals surface area (Å²) >= 11 is 0. The second-order valence-corrected chi connectivity index (χ2v) is 4.27. The van der Waals surface area contributed by atoms with Crippen molar-refractivity contribution in [2.24, 2.45) is 11.3 Å². The molecule has 1 nitrogen and oxygen atoms in total. The molecule has 0 bridgehead atoms. The minimum atomic E-state index is 0.186. The van der Waals surface area contributed by atoms with E-state index in [1.54, 1.807) is 0 Å². The number of nitriles is 1. The van der Waals surface area contributed by atoms with Crippen molar-refractivity contribution < 1.29 is 0 Å². The molecule has 0 spiro atoms. The third-order valence-corrected chi connectivity index (χ3v) is 3.51. The van der Waals surface area contributed by atoms with E-state index in [2.05, 4.69) is 19.6 Å². The monoisotopic (exact) mass is 177 g/mol. The summed E-state index contributed by atoms with van der Waals surface area (Å²) in [6.45, 7) is 5.87. The van der Waals surface area contributed by atoms with Crippen LogP contribution in [0, 0.1) is 22.7 Å². The second-order valence-electron chi connectivity index (χ2n) is 4.27. The van der Waals surface area contributed by atoms with Gasteiger partial charge in [0.2, 0.25) is 0 Å². The summed E-state index contributed by atoms with van der Waals surface area (Å²) in [7, 11) is 0. The molecule has 1 fully saturated rings. The molecule has 1 atom stereocenters. The Bertz CT molecular complexity index is 206. The molecule has 0 aromatic heterocycles. The Kier molecular flexibility index (Phi) is 3.54. The summed E-state index contributed by atoms with van der Waals surface area (Å²) in [5, 5.41) is 8.99. The summed E-state index contributed by atoms with van der Waals surface area (Å²) in [5.74, 6) is 0.186. The highest BCUT2D eigenvalue weighted by Crippen LogP contribution is 2.45. The van der Waals surface area contributed by atoms with Gasteiger partial charge in [-0.15, -0.1) is 6.58 Å². The van der Waals surface area contributed by atoms with Gasteiger partial charge in [0, 0.05) is 5.92 Å². The average molecular weight is 177 g/mol. The van der Waals surface area contributed by atoms with Crippen molar-refractivity contribution in [3.8, 4) is 6.07 Å². The van der Waals surface area contributed by atoms with Gasteiger partial charge in [-0.2, -0.15) is 5.26 Å². The molecule has 1 rings (SSSR count). The van der Waals surface area contributed by atoms with E-state index in [-0.39, 0.29) is 11.3 Å². The summed E-state index contributed by atoms with van der Waals surface area (Å²) in [4.78, 5) is 0. The van der Waals surface area contributed by atoms with Gasteiger partial charge in [0.1, 0.15) is 0 Å². The van der Waals surface area contributed by atoms with Gasteiger partial charge in [-0.05, 0) is 31.6 Å². The number of hydrogen-bond donors (Lipinski definition) is 0. The molecule has 0 saturated heterocycles. The lowest BCUT2D eigenvalue weighted by Crippen LogP contribution is -2.30. The van der Waals surface area contributed by atoms with Gasteiger partial charge in [0.25, 0.3) is 0 Å². The van der Waals surface area contributed by atoms with Gasteiger partial charge < -0.3 is 0 Å². The first-order chi connectivity index (χ1) is 6.25. The maximum atomic E-state index is 8.99. The van der Waals surface area contributed by atoms with E-state index in [4.69, 9.17) is 5.26 Å². The topological polar surface area (TPSA) is 23.8 Å².